The molecule has 0 spiro atoms. The molecular weight excluding hydrogens is 582 g/mol. The number of hydrogen-bond acceptors (Lipinski definition) is 6. The van der Waals surface area contributed by atoms with E-state index < -0.39 is 20.0 Å². The Hall–Kier alpha value is -2.74. The third-order valence-electron chi connectivity index (χ3n) is 4.75. The van der Waals surface area contributed by atoms with Gasteiger partial charge in [-0.05, 0) is 43.3 Å². The fourth-order valence-corrected chi connectivity index (χ4v) is 4.02. The lowest BCUT2D eigenvalue weighted by Gasteiger charge is -2.22. The maximum absolute atomic E-state index is 11.1. The first-order chi connectivity index (χ1) is 17.0. The summed E-state index contributed by atoms with van der Waals surface area (Å²) in [6.07, 6.45) is 0. The minimum Gasteiger partial charge on any atom is -0.298 e. The van der Waals surface area contributed by atoms with Gasteiger partial charge in [-0.25, -0.2) is 27.1 Å². The Morgan fingerprint density at radius 3 is 1.35 bits per heavy atom. The van der Waals surface area contributed by atoms with Crippen LogP contribution >= 0.6 is 15.9 Å². The number of carbonyl (C=O) groups excluding carboxylic acids is 2. The van der Waals surface area contributed by atoms with Gasteiger partial charge in [-0.2, -0.15) is 0 Å². The van der Waals surface area contributed by atoms with Crippen molar-refractivity contribution in [2.24, 2.45) is 10.3 Å². The summed E-state index contributed by atoms with van der Waals surface area (Å²) in [7, 11) is -0.845. The van der Waals surface area contributed by atoms with Gasteiger partial charge in [-0.3, -0.25) is 14.1 Å². The van der Waals surface area contributed by atoms with Gasteiger partial charge in [-0.1, -0.05) is 58.4 Å². The van der Waals surface area contributed by atoms with E-state index in [1.54, 1.807) is 0 Å². The van der Waals surface area contributed by atoms with Crippen LogP contribution in [0.3, 0.4) is 0 Å². The number of sulfonamides is 2. The molecule has 0 aliphatic rings. The first-order valence-electron chi connectivity index (χ1n) is 10.7. The molecule has 0 unspecified atom stereocenters. The van der Waals surface area contributed by atoms with Crippen molar-refractivity contribution in [1.29, 1.82) is 0 Å². The van der Waals surface area contributed by atoms with E-state index >= 15 is 0 Å². The molecule has 0 saturated heterocycles. The van der Waals surface area contributed by atoms with Crippen molar-refractivity contribution in [2.45, 2.75) is 16.7 Å². The molecule has 0 amide bonds. The fourth-order valence-electron chi connectivity index (χ4n) is 2.66. The minimum absolute atomic E-state index is 0.00335. The van der Waals surface area contributed by atoms with Crippen molar-refractivity contribution in [3.63, 3.8) is 0 Å². The van der Waals surface area contributed by atoms with Crippen molar-refractivity contribution in [3.8, 4) is 0 Å². The molecule has 0 bridgehead atoms. The number of quaternary nitrogens is 1. The number of carbonyl (C=O) groups is 2. The first-order valence-corrected chi connectivity index (χ1v) is 14.9. The van der Waals surface area contributed by atoms with Crippen LogP contribution in [0.2, 0.25) is 0 Å². The average Bonchev–Trinajstić information content (AvgIpc) is 2.83. The largest absolute Gasteiger partial charge is 0.298 e. The first kappa shape index (κ1) is 32.3. The van der Waals surface area contributed by atoms with E-state index in [9.17, 15) is 26.4 Å². The van der Waals surface area contributed by atoms with Crippen LogP contribution < -0.4 is 14.8 Å². The van der Waals surface area contributed by atoms with Gasteiger partial charge in [0.2, 0.25) is 20.0 Å². The van der Waals surface area contributed by atoms with Crippen molar-refractivity contribution in [1.82, 2.24) is 4.48 Å². The van der Waals surface area contributed by atoms with E-state index in [1.165, 1.54) is 61.1 Å². The zero-order valence-electron chi connectivity index (χ0n) is 21.0. The van der Waals surface area contributed by atoms with E-state index in [1.807, 2.05) is 6.07 Å². The second-order valence-electron chi connectivity index (χ2n) is 8.60. The maximum atomic E-state index is 11.1. The van der Waals surface area contributed by atoms with Gasteiger partial charge < -0.3 is 0 Å². The van der Waals surface area contributed by atoms with E-state index in [-0.39, 0.29) is 26.7 Å². The number of nitrogens with zero attached hydrogens (tertiary/aromatic N) is 1. The number of nitrogens with two attached hydrogens (primary N) is 2. The third kappa shape index (κ3) is 11.5. The zero-order chi connectivity index (χ0) is 28.4. The van der Waals surface area contributed by atoms with Crippen molar-refractivity contribution >= 4 is 53.2 Å². The summed E-state index contributed by atoms with van der Waals surface area (Å²) in [5.74, 6) is -0.216. The molecule has 0 radical (unpaired) electrons. The lowest BCUT2D eigenvalue weighted by molar-refractivity contribution is 0.101. The number of primary sulfonamides is 2. The predicted molar refractivity (Wildman–Crippen MR) is 150 cm³/mol. The number of halogens is 1. The molecule has 12 heteroatoms. The maximum Gasteiger partial charge on any atom is 0.238 e. The highest BCUT2D eigenvalue weighted by molar-refractivity contribution is 9.09. The minimum atomic E-state index is -3.68. The normalized spacial score (nSPS) is 11.3. The number of hydrogen-bond donors (Lipinski definition) is 2. The molecule has 3 aromatic rings. The molecule has 0 aliphatic heterocycles. The summed E-state index contributed by atoms with van der Waals surface area (Å²) < 4.78 is 44.2. The Morgan fingerprint density at radius 2 is 1.08 bits per heavy atom. The SMILES string of the molecule is CC(=O)c1ccc(S(N)(=O)=O)cc1.C[N+](C)(C)c1ccccc1.NS(=O)(=O)c1ccc(C(=O)CBr)cc1. The number of benzene rings is 3. The van der Waals surface area contributed by atoms with Crippen LogP contribution in [0.15, 0.2) is 88.7 Å². The van der Waals surface area contributed by atoms with Crippen LogP contribution in [-0.2, 0) is 20.0 Å². The Morgan fingerprint density at radius 1 is 0.703 bits per heavy atom. The average molecular weight is 614 g/mol. The number of para-hydroxylation sites is 1. The molecule has 3 rings (SSSR count). The highest BCUT2D eigenvalue weighted by atomic mass is 79.9. The van der Waals surface area contributed by atoms with Gasteiger partial charge in [0.25, 0.3) is 0 Å². The van der Waals surface area contributed by atoms with Gasteiger partial charge in [0.05, 0.1) is 36.3 Å². The second-order valence-corrected chi connectivity index (χ2v) is 12.3. The molecular formula is C25H31BrN3O6S2+. The summed E-state index contributed by atoms with van der Waals surface area (Å²) >= 11 is 3.02. The smallest absolute Gasteiger partial charge is 0.238 e. The van der Waals surface area contributed by atoms with Crippen LogP contribution in [0.1, 0.15) is 27.6 Å². The predicted octanol–water partition coefficient (Wildman–Crippen LogP) is 3.33. The molecule has 9 nitrogen and oxygen atoms in total. The number of ketones is 2. The highest BCUT2D eigenvalue weighted by Gasteiger charge is 2.10. The summed E-state index contributed by atoms with van der Waals surface area (Å²) in [5.41, 5.74) is 2.25. The van der Waals surface area contributed by atoms with Gasteiger partial charge in [0.15, 0.2) is 11.6 Å². The monoisotopic (exact) mass is 612 g/mol. The standard InChI is InChI=1S/C9H14N.C8H8BrNO3S.C8H9NO3S/c1-10(2,3)9-7-5-4-6-8-9;9-5-8(11)6-1-3-7(4-2-6)14(10,12)13;1-6(10)7-2-4-8(5-3-7)13(9,11)12/h4-8H,1-3H3;1-4H,5H2,(H2,10,12,13);2-5H,1H3,(H2,9,11,12)/q+1;;. The van der Waals surface area contributed by atoms with E-state index in [0.29, 0.717) is 11.1 Å². The van der Waals surface area contributed by atoms with Crippen molar-refractivity contribution < 1.29 is 26.4 Å². The highest BCUT2D eigenvalue weighted by Crippen LogP contribution is 2.14. The van der Waals surface area contributed by atoms with Crippen LogP contribution in [0.5, 0.6) is 0 Å². The van der Waals surface area contributed by atoms with Crippen molar-refractivity contribution in [2.75, 3.05) is 26.5 Å². The molecule has 0 heterocycles. The molecule has 3 aromatic carbocycles. The molecule has 0 atom stereocenters. The Bertz CT molecular complexity index is 1400. The summed E-state index contributed by atoms with van der Waals surface area (Å²) in [5, 5.41) is 9.97. The second kappa shape index (κ2) is 13.7. The van der Waals surface area contributed by atoms with E-state index in [2.05, 4.69) is 61.3 Å². The summed E-state index contributed by atoms with van der Waals surface area (Å²) in [6.45, 7) is 1.41. The number of Topliss-reactive ketones (excluding diaryl/α,β-unsaturated/α-hetero) is 2. The number of alkyl halides is 1. The van der Waals surface area contributed by atoms with Crippen LogP contribution in [0, 0.1) is 0 Å². The molecule has 37 heavy (non-hydrogen) atoms. The molecule has 0 fully saturated rings. The van der Waals surface area contributed by atoms with Gasteiger partial charge >= 0.3 is 0 Å². The number of rotatable bonds is 6. The molecule has 4 N–H and O–H groups in total. The quantitative estimate of drug-likeness (QED) is 0.247. The summed E-state index contributed by atoms with van der Waals surface area (Å²) in [4.78, 5) is 22.0. The Labute approximate surface area is 226 Å². The van der Waals surface area contributed by atoms with Crippen molar-refractivity contribution in [3.05, 3.63) is 90.0 Å². The van der Waals surface area contributed by atoms with Crippen LogP contribution in [0.25, 0.3) is 0 Å². The molecule has 0 aromatic heterocycles. The zero-order valence-corrected chi connectivity index (χ0v) is 24.2. The van der Waals surface area contributed by atoms with Gasteiger partial charge in [-0.15, -0.1) is 0 Å². The van der Waals surface area contributed by atoms with Crippen LogP contribution in [0.4, 0.5) is 5.69 Å². The lowest BCUT2D eigenvalue weighted by Crippen LogP contribution is -2.34. The Kier molecular flexibility index (Phi) is 12.0. The van der Waals surface area contributed by atoms with E-state index in [4.69, 9.17) is 10.3 Å². The Balaban J connectivity index is 0.000000281. The van der Waals surface area contributed by atoms with Crippen LogP contribution in [-0.4, -0.2) is 54.9 Å². The van der Waals surface area contributed by atoms with Gasteiger partial charge in [0.1, 0.15) is 5.69 Å². The van der Waals surface area contributed by atoms with Gasteiger partial charge in [0, 0.05) is 11.1 Å². The summed E-state index contributed by atoms with van der Waals surface area (Å²) in [6, 6.07) is 21.4. The lowest BCUT2D eigenvalue weighted by atomic mass is 10.2. The fraction of sp³-hybridized carbons (Fsp3) is 0.200. The molecule has 0 aliphatic carbocycles. The van der Waals surface area contributed by atoms with E-state index in [0.717, 1.165) is 4.48 Å². The topological polar surface area (TPSA) is 154 Å². The molecule has 0 saturated carbocycles. The molecule has 200 valence electrons. The third-order valence-corrected chi connectivity index (χ3v) is 7.11.